The standard InChI is InChI=1S/C16H16N10.Pt/c1-23-5-9-10-6-25(3)15(18-10)22-16-20-12(8-26(16)4)11-7-24(2)14(19-11)21-13(23)17-9;/h5-8H,1-4H3;/q-2;+2. The van der Waals surface area contributed by atoms with Crippen molar-refractivity contribution >= 4 is 35.2 Å². The van der Waals surface area contributed by atoms with Crippen molar-refractivity contribution in [3.05, 3.63) is 46.8 Å². The van der Waals surface area contributed by atoms with E-state index in [1.165, 1.54) is 0 Å². The molecule has 0 aromatic carbocycles. The molecule has 0 fully saturated rings. The third-order valence-electron chi connectivity index (χ3n) is 4.33. The van der Waals surface area contributed by atoms with Crippen molar-refractivity contribution in [2.24, 2.45) is 24.1 Å². The van der Waals surface area contributed by atoms with E-state index in [2.05, 4.69) is 30.6 Å². The molecule has 0 aliphatic carbocycles. The van der Waals surface area contributed by atoms with Gasteiger partial charge in [0.15, 0.2) is 11.9 Å². The monoisotopic (exact) mass is 543 g/mol. The molecule has 5 heterocycles. The minimum absolute atomic E-state index is 0. The second-order valence-corrected chi connectivity index (χ2v) is 6.37. The Morgan fingerprint density at radius 3 is 1.52 bits per heavy atom. The van der Waals surface area contributed by atoms with Crippen LogP contribution in [-0.2, 0) is 35.2 Å². The number of guanidine groups is 2. The average molecular weight is 543 g/mol. The molecule has 0 atom stereocenters. The molecule has 0 N–H and O–H groups in total. The molecule has 11 heteroatoms. The minimum atomic E-state index is 0. The number of hydrogen-bond donors (Lipinski definition) is 0. The Morgan fingerprint density at radius 1 is 0.704 bits per heavy atom. The Labute approximate surface area is 170 Å². The van der Waals surface area contributed by atoms with Gasteiger partial charge in [0.25, 0.3) is 0 Å². The summed E-state index contributed by atoms with van der Waals surface area (Å²) in [6.45, 7) is 0. The van der Waals surface area contributed by atoms with Gasteiger partial charge in [-0.2, -0.15) is 0 Å². The van der Waals surface area contributed by atoms with E-state index >= 15 is 0 Å². The molecule has 2 aromatic heterocycles. The third kappa shape index (κ3) is 2.76. The quantitative estimate of drug-likeness (QED) is 0.509. The Morgan fingerprint density at radius 2 is 1.11 bits per heavy atom. The molecule has 2 aromatic rings. The maximum absolute atomic E-state index is 4.60. The Bertz CT molecular complexity index is 969. The molecule has 3 aliphatic rings. The van der Waals surface area contributed by atoms with Crippen molar-refractivity contribution in [3.63, 3.8) is 0 Å². The molecule has 0 radical (unpaired) electrons. The van der Waals surface area contributed by atoms with Gasteiger partial charge in [-0.1, -0.05) is 0 Å². The van der Waals surface area contributed by atoms with Crippen LogP contribution in [0.15, 0.2) is 34.8 Å². The molecule has 0 spiro atoms. The van der Waals surface area contributed by atoms with Crippen molar-refractivity contribution in [1.82, 2.24) is 28.9 Å². The second-order valence-electron chi connectivity index (χ2n) is 6.37. The maximum atomic E-state index is 4.60. The zero-order valence-electron chi connectivity index (χ0n) is 15.1. The molecule has 0 saturated heterocycles. The summed E-state index contributed by atoms with van der Waals surface area (Å²) >= 11 is 0. The summed E-state index contributed by atoms with van der Waals surface area (Å²) in [5.74, 6) is 2.23. The number of aromatic nitrogens is 4. The number of fused-ring (bicyclic) bond motifs is 10. The summed E-state index contributed by atoms with van der Waals surface area (Å²) in [6.07, 6.45) is 7.58. The van der Waals surface area contributed by atoms with E-state index in [-0.39, 0.29) is 21.1 Å². The van der Waals surface area contributed by atoms with E-state index in [0.717, 1.165) is 22.8 Å². The summed E-state index contributed by atoms with van der Waals surface area (Å²) in [4.78, 5) is 22.1. The van der Waals surface area contributed by atoms with Crippen molar-refractivity contribution in [3.8, 4) is 0 Å². The van der Waals surface area contributed by atoms with Crippen LogP contribution in [0.3, 0.4) is 0 Å². The van der Waals surface area contributed by atoms with Crippen molar-refractivity contribution in [2.75, 3.05) is 14.1 Å². The van der Waals surface area contributed by atoms with Gasteiger partial charge in [0.05, 0.1) is 11.4 Å². The first kappa shape index (κ1) is 17.5. The molecule has 27 heavy (non-hydrogen) atoms. The smallest absolute Gasteiger partial charge is 0.406 e. The Balaban J connectivity index is 0.00000180. The van der Waals surface area contributed by atoms with Gasteiger partial charge >= 0.3 is 21.1 Å². The summed E-state index contributed by atoms with van der Waals surface area (Å²) in [6, 6.07) is 0. The molecular formula is C16H16N10Pt. The molecule has 10 nitrogen and oxygen atoms in total. The molecule has 0 saturated carbocycles. The van der Waals surface area contributed by atoms with E-state index in [1.54, 1.807) is 0 Å². The zero-order valence-corrected chi connectivity index (χ0v) is 17.4. The van der Waals surface area contributed by atoms with E-state index in [9.17, 15) is 0 Å². The molecule has 0 amide bonds. The van der Waals surface area contributed by atoms with Crippen LogP contribution in [0.5, 0.6) is 0 Å². The van der Waals surface area contributed by atoms with Crippen molar-refractivity contribution in [2.45, 2.75) is 0 Å². The Hall–Kier alpha value is -2.87. The number of aliphatic imine (C=N–C) groups is 2. The van der Waals surface area contributed by atoms with Gasteiger partial charge in [0, 0.05) is 49.8 Å². The molecule has 8 bridgehead atoms. The van der Waals surface area contributed by atoms with E-state index < -0.39 is 0 Å². The number of rotatable bonds is 0. The third-order valence-corrected chi connectivity index (χ3v) is 4.33. The molecular weight excluding hydrogens is 527 g/mol. The maximum Gasteiger partial charge on any atom is 2.00 e. The topological polar surface area (TPSA) is 95.0 Å². The fourth-order valence-electron chi connectivity index (χ4n) is 2.91. The number of imidazole rings is 2. The number of hydrogen-bond acceptors (Lipinski definition) is 6. The van der Waals surface area contributed by atoms with Crippen LogP contribution in [0.1, 0.15) is 11.4 Å². The van der Waals surface area contributed by atoms with E-state index in [1.807, 2.05) is 71.9 Å². The summed E-state index contributed by atoms with van der Waals surface area (Å²) in [5.41, 5.74) is 2.93. The van der Waals surface area contributed by atoms with Gasteiger partial charge in [0.1, 0.15) is 0 Å². The second kappa shape index (κ2) is 6.09. The first-order chi connectivity index (χ1) is 12.5. The van der Waals surface area contributed by atoms with Crippen LogP contribution < -0.4 is 0 Å². The van der Waals surface area contributed by atoms with Crippen LogP contribution in [0.2, 0.25) is 0 Å². The number of nitrogens with zero attached hydrogens (tertiary/aromatic N) is 10. The van der Waals surface area contributed by atoms with E-state index in [0.29, 0.717) is 23.8 Å². The van der Waals surface area contributed by atoms with Gasteiger partial charge in [-0.3, -0.25) is 0 Å². The van der Waals surface area contributed by atoms with Gasteiger partial charge in [-0.05, 0) is 26.5 Å². The van der Waals surface area contributed by atoms with Crippen molar-refractivity contribution < 1.29 is 21.1 Å². The molecule has 0 unspecified atom stereocenters. The van der Waals surface area contributed by atoms with Gasteiger partial charge in [-0.25, -0.2) is 9.97 Å². The van der Waals surface area contributed by atoms with E-state index in [4.69, 9.17) is 0 Å². The molecule has 140 valence electrons. The summed E-state index contributed by atoms with van der Waals surface area (Å²) in [5, 5.41) is 9.19. The Kier molecular flexibility index (Phi) is 3.95. The zero-order chi connectivity index (χ0) is 18.0. The van der Waals surface area contributed by atoms with Gasteiger partial charge < -0.3 is 39.6 Å². The first-order valence-electron chi connectivity index (χ1n) is 8.05. The van der Waals surface area contributed by atoms with Gasteiger partial charge in [0.2, 0.25) is 0 Å². The predicted octanol–water partition coefficient (Wildman–Crippen LogP) is 2.07. The first-order valence-corrected chi connectivity index (χ1v) is 8.05. The largest absolute Gasteiger partial charge is 2.00 e. The van der Waals surface area contributed by atoms with Gasteiger partial charge in [-0.15, -0.1) is 0 Å². The minimum Gasteiger partial charge on any atom is -0.406 e. The number of aryl methyl sites for hydroxylation is 2. The SMILES string of the molecule is CN1C=C2[N-]C1=Nc1nc(cn1C)C1=CN(C)C(=Nc3nc2cn3C)[N-]1.[Pt+2]. The molecule has 5 rings (SSSR count). The average Bonchev–Trinajstić information content (AvgIpc) is 3.32. The van der Waals surface area contributed by atoms with Crippen molar-refractivity contribution in [1.29, 1.82) is 0 Å². The fourth-order valence-corrected chi connectivity index (χ4v) is 2.91. The predicted molar refractivity (Wildman–Crippen MR) is 98.8 cm³/mol. The normalized spacial score (nSPS) is 17.2. The molecule has 3 aliphatic heterocycles. The fraction of sp³-hybridized carbons (Fsp3) is 0.250. The van der Waals surface area contributed by atoms with Crippen LogP contribution in [0.25, 0.3) is 22.0 Å². The summed E-state index contributed by atoms with van der Waals surface area (Å²) in [7, 11) is 7.60. The van der Waals surface area contributed by atoms with Crippen LogP contribution in [0, 0.1) is 0 Å². The van der Waals surface area contributed by atoms with Crippen LogP contribution in [-0.4, -0.2) is 54.9 Å². The van der Waals surface area contributed by atoms with Crippen LogP contribution in [0.4, 0.5) is 11.9 Å². The van der Waals surface area contributed by atoms with Crippen LogP contribution >= 0.6 is 0 Å². The summed E-state index contributed by atoms with van der Waals surface area (Å²) < 4.78 is 3.71.